The number of aliphatic imine (C=N–C) groups is 1. The molecule has 1 amide bonds. The van der Waals surface area contributed by atoms with Crippen molar-refractivity contribution in [2.24, 2.45) is 4.99 Å². The summed E-state index contributed by atoms with van der Waals surface area (Å²) >= 11 is 0. The summed E-state index contributed by atoms with van der Waals surface area (Å²) in [4.78, 5) is 21.1. The van der Waals surface area contributed by atoms with E-state index in [4.69, 9.17) is 4.99 Å². The highest BCUT2D eigenvalue weighted by Gasteiger charge is 2.20. The first-order valence-corrected chi connectivity index (χ1v) is 11.7. The highest BCUT2D eigenvalue weighted by atomic mass is 16.2. The Morgan fingerprint density at radius 3 is 2.47 bits per heavy atom. The fourth-order valence-electron chi connectivity index (χ4n) is 4.01. The summed E-state index contributed by atoms with van der Waals surface area (Å²) in [5.74, 6) is 0.915. The molecule has 0 atom stereocenters. The third kappa shape index (κ3) is 7.38. The molecule has 2 N–H and O–H groups in total. The lowest BCUT2D eigenvalue weighted by atomic mass is 10.0. The quantitative estimate of drug-likeness (QED) is 0.494. The van der Waals surface area contributed by atoms with E-state index in [0.29, 0.717) is 12.6 Å². The normalized spacial score (nSPS) is 15.4. The van der Waals surface area contributed by atoms with Crippen molar-refractivity contribution in [3.05, 3.63) is 71.3 Å². The van der Waals surface area contributed by atoms with Crippen LogP contribution in [0.25, 0.3) is 0 Å². The van der Waals surface area contributed by atoms with Gasteiger partial charge in [0.15, 0.2) is 5.96 Å². The van der Waals surface area contributed by atoms with Gasteiger partial charge in [-0.2, -0.15) is 0 Å². The van der Waals surface area contributed by atoms with Crippen molar-refractivity contribution in [1.29, 1.82) is 0 Å². The first-order chi connectivity index (χ1) is 15.5. The van der Waals surface area contributed by atoms with Crippen molar-refractivity contribution in [3.8, 4) is 0 Å². The van der Waals surface area contributed by atoms with Crippen LogP contribution in [0.1, 0.15) is 41.3 Å². The number of hydrogen-bond acceptors (Lipinski definition) is 3. The highest BCUT2D eigenvalue weighted by molar-refractivity contribution is 5.94. The van der Waals surface area contributed by atoms with Crippen LogP contribution in [0, 0.1) is 0 Å². The zero-order chi connectivity index (χ0) is 22.8. The van der Waals surface area contributed by atoms with Crippen LogP contribution >= 0.6 is 0 Å². The summed E-state index contributed by atoms with van der Waals surface area (Å²) < 4.78 is 0. The van der Waals surface area contributed by atoms with Crippen molar-refractivity contribution >= 4 is 11.9 Å². The van der Waals surface area contributed by atoms with E-state index in [-0.39, 0.29) is 5.91 Å². The summed E-state index contributed by atoms with van der Waals surface area (Å²) in [5.41, 5.74) is 3.24. The fraction of sp³-hybridized carbons (Fsp3) is 0.462. The van der Waals surface area contributed by atoms with Gasteiger partial charge in [0, 0.05) is 58.4 Å². The summed E-state index contributed by atoms with van der Waals surface area (Å²) in [5, 5.41) is 7.00. The number of carbonyl (C=O) groups excluding carboxylic acids is 1. The molecule has 2 aromatic rings. The molecule has 172 valence electrons. The van der Waals surface area contributed by atoms with E-state index in [0.717, 1.165) is 62.5 Å². The van der Waals surface area contributed by atoms with E-state index in [1.165, 1.54) is 5.56 Å². The number of hydrogen-bond donors (Lipinski definition) is 2. The first-order valence-electron chi connectivity index (χ1n) is 11.7. The summed E-state index contributed by atoms with van der Waals surface area (Å²) in [6.45, 7) is 6.83. The van der Waals surface area contributed by atoms with E-state index >= 15 is 0 Å². The number of guanidine groups is 1. The van der Waals surface area contributed by atoms with Gasteiger partial charge in [0.05, 0.1) is 0 Å². The van der Waals surface area contributed by atoms with Crippen molar-refractivity contribution < 1.29 is 4.79 Å². The molecule has 0 radical (unpaired) electrons. The maximum Gasteiger partial charge on any atom is 0.253 e. The van der Waals surface area contributed by atoms with Crippen LogP contribution in [-0.2, 0) is 13.0 Å². The van der Waals surface area contributed by atoms with Gasteiger partial charge in [-0.1, -0.05) is 42.5 Å². The van der Waals surface area contributed by atoms with Crippen LogP contribution in [0.2, 0.25) is 0 Å². The van der Waals surface area contributed by atoms with Gasteiger partial charge in [-0.3, -0.25) is 14.7 Å². The number of nitrogens with one attached hydrogen (secondary N) is 2. The maximum absolute atomic E-state index is 12.2. The molecule has 2 aromatic carbocycles. The minimum Gasteiger partial charge on any atom is -0.357 e. The van der Waals surface area contributed by atoms with Gasteiger partial charge in [-0.25, -0.2) is 0 Å². The summed E-state index contributed by atoms with van der Waals surface area (Å²) in [6, 6.07) is 19.0. The molecule has 1 heterocycles. The summed E-state index contributed by atoms with van der Waals surface area (Å²) in [6.07, 6.45) is 3.04. The minimum atomic E-state index is 0.0314. The molecule has 0 saturated carbocycles. The van der Waals surface area contributed by atoms with Crippen molar-refractivity contribution in [2.45, 2.75) is 38.8 Å². The second-order valence-electron chi connectivity index (χ2n) is 8.59. The second-order valence-corrected chi connectivity index (χ2v) is 8.59. The lowest BCUT2D eigenvalue weighted by molar-refractivity contribution is 0.0827. The van der Waals surface area contributed by atoms with Gasteiger partial charge in [-0.15, -0.1) is 0 Å². The fourth-order valence-corrected chi connectivity index (χ4v) is 4.01. The molecule has 32 heavy (non-hydrogen) atoms. The molecule has 0 aromatic heterocycles. The third-order valence-electron chi connectivity index (χ3n) is 5.77. The van der Waals surface area contributed by atoms with E-state index in [2.05, 4.69) is 58.9 Å². The zero-order valence-electron chi connectivity index (χ0n) is 19.7. The minimum absolute atomic E-state index is 0.0314. The second kappa shape index (κ2) is 12.2. The molecule has 1 aliphatic rings. The van der Waals surface area contributed by atoms with Gasteiger partial charge >= 0.3 is 0 Å². The van der Waals surface area contributed by atoms with Crippen LogP contribution in [0.4, 0.5) is 0 Å². The van der Waals surface area contributed by atoms with Gasteiger partial charge < -0.3 is 15.5 Å². The van der Waals surface area contributed by atoms with E-state index in [9.17, 15) is 4.79 Å². The lowest BCUT2D eigenvalue weighted by Gasteiger charge is -2.33. The van der Waals surface area contributed by atoms with Gasteiger partial charge in [-0.05, 0) is 49.4 Å². The zero-order valence-corrected chi connectivity index (χ0v) is 19.7. The predicted octanol–water partition coefficient (Wildman–Crippen LogP) is 3.15. The maximum atomic E-state index is 12.2. The number of likely N-dealkylation sites (tertiary alicyclic amines) is 1. The Morgan fingerprint density at radius 1 is 1.06 bits per heavy atom. The molecule has 0 spiro atoms. The van der Waals surface area contributed by atoms with Gasteiger partial charge in [0.25, 0.3) is 5.91 Å². The van der Waals surface area contributed by atoms with Crippen LogP contribution < -0.4 is 10.6 Å². The number of benzene rings is 2. The SMILES string of the molecule is CCNC(=NCCc1cccc(C(=O)N(C)C)c1)NC1CCN(Cc2ccccc2)CC1. The number of rotatable bonds is 8. The Morgan fingerprint density at radius 2 is 1.78 bits per heavy atom. The third-order valence-corrected chi connectivity index (χ3v) is 5.77. The Balaban J connectivity index is 1.48. The molecule has 6 heteroatoms. The molecule has 3 rings (SSSR count). The Kier molecular flexibility index (Phi) is 9.11. The molecular weight excluding hydrogens is 398 g/mol. The number of carbonyl (C=O) groups is 1. The first kappa shape index (κ1) is 23.8. The van der Waals surface area contributed by atoms with Gasteiger partial charge in [0.1, 0.15) is 0 Å². The molecule has 0 bridgehead atoms. The van der Waals surface area contributed by atoms with Gasteiger partial charge in [0.2, 0.25) is 0 Å². The lowest BCUT2D eigenvalue weighted by Crippen LogP contribution is -2.48. The standard InChI is InChI=1S/C26H37N5O/c1-4-27-26(28-16-13-21-11-8-12-23(19-21)25(32)30(2)3)29-24-14-17-31(18-15-24)20-22-9-6-5-7-10-22/h5-12,19,24H,4,13-18,20H2,1-3H3,(H2,27,28,29). The van der Waals surface area contributed by atoms with E-state index < -0.39 is 0 Å². The van der Waals surface area contributed by atoms with Crippen molar-refractivity contribution in [2.75, 3.05) is 40.3 Å². The summed E-state index contributed by atoms with van der Waals surface area (Å²) in [7, 11) is 3.56. The van der Waals surface area contributed by atoms with Crippen molar-refractivity contribution in [1.82, 2.24) is 20.4 Å². The Hall–Kier alpha value is -2.86. The molecule has 0 aliphatic carbocycles. The monoisotopic (exact) mass is 435 g/mol. The van der Waals surface area contributed by atoms with E-state index in [1.807, 2.05) is 18.2 Å². The topological polar surface area (TPSA) is 60.0 Å². The van der Waals surface area contributed by atoms with Crippen LogP contribution in [-0.4, -0.2) is 68.0 Å². The molecule has 1 aliphatic heterocycles. The molecule has 6 nitrogen and oxygen atoms in total. The number of piperidine rings is 1. The molecule has 1 saturated heterocycles. The van der Waals surface area contributed by atoms with Crippen LogP contribution in [0.5, 0.6) is 0 Å². The van der Waals surface area contributed by atoms with Crippen LogP contribution in [0.3, 0.4) is 0 Å². The molecular formula is C26H37N5O. The smallest absolute Gasteiger partial charge is 0.253 e. The highest BCUT2D eigenvalue weighted by Crippen LogP contribution is 2.14. The Labute approximate surface area is 192 Å². The van der Waals surface area contributed by atoms with Crippen molar-refractivity contribution in [3.63, 3.8) is 0 Å². The largest absolute Gasteiger partial charge is 0.357 e. The average Bonchev–Trinajstić information content (AvgIpc) is 2.81. The predicted molar refractivity (Wildman–Crippen MR) is 132 cm³/mol. The molecule has 0 unspecified atom stereocenters. The van der Waals surface area contributed by atoms with E-state index in [1.54, 1.807) is 19.0 Å². The number of amides is 1. The van der Waals surface area contributed by atoms with Crippen LogP contribution in [0.15, 0.2) is 59.6 Å². The number of nitrogens with zero attached hydrogens (tertiary/aromatic N) is 3. The average molecular weight is 436 g/mol. The Bertz CT molecular complexity index is 873. The molecule has 1 fully saturated rings.